The molecule has 0 bridgehead atoms. The van der Waals surface area contributed by atoms with Crippen molar-refractivity contribution in [3.8, 4) is 0 Å². The zero-order valence-electron chi connectivity index (χ0n) is 9.27. The maximum Gasteiger partial charge on any atom is 0.307 e. The van der Waals surface area contributed by atoms with Gasteiger partial charge in [0, 0.05) is 5.92 Å². The molecule has 1 rings (SSSR count). The molecule has 5 heteroatoms. The van der Waals surface area contributed by atoms with Gasteiger partial charge in [0.1, 0.15) is 0 Å². The molecule has 1 fully saturated rings. The lowest BCUT2D eigenvalue weighted by atomic mass is 9.95. The Labute approximate surface area is 88.0 Å². The molecular weight excluding hydrogens is 200 g/mol. The van der Waals surface area contributed by atoms with E-state index in [9.17, 15) is 9.59 Å². The fourth-order valence-electron chi connectivity index (χ4n) is 2.01. The van der Waals surface area contributed by atoms with Crippen LogP contribution >= 0.6 is 0 Å². The van der Waals surface area contributed by atoms with Gasteiger partial charge in [-0.25, -0.2) is 4.89 Å². The van der Waals surface area contributed by atoms with Gasteiger partial charge in [-0.05, 0) is 19.3 Å². The normalized spacial score (nSPS) is 28.6. The molecule has 86 valence electrons. The fourth-order valence-corrected chi connectivity index (χ4v) is 2.01. The van der Waals surface area contributed by atoms with Gasteiger partial charge >= 0.3 is 5.97 Å². The van der Waals surface area contributed by atoms with E-state index in [1.165, 1.54) is 13.8 Å². The molecule has 0 spiro atoms. The minimum Gasteiger partial charge on any atom is -0.481 e. The number of hydrogen-bond donors (Lipinski definition) is 2. The second kappa shape index (κ2) is 3.28. The van der Waals surface area contributed by atoms with Crippen LogP contribution in [0.3, 0.4) is 0 Å². The lowest BCUT2D eigenvalue weighted by Crippen LogP contribution is -2.36. The summed E-state index contributed by atoms with van der Waals surface area (Å²) in [4.78, 5) is 26.8. The standard InChI is InChI=1S/C10H16O5/c1-9(2)5(6(9)8(12)13)7(11)10(3,4)15-14/h5-6,14H,1-4H3,(H,12,13)/t5-,6-/m0/s1. The molecule has 0 unspecified atom stereocenters. The number of carboxylic acid groups (broad SMARTS) is 1. The summed E-state index contributed by atoms with van der Waals surface area (Å²) in [5, 5.41) is 17.5. The zero-order chi connectivity index (χ0) is 12.0. The van der Waals surface area contributed by atoms with E-state index in [0.717, 1.165) is 0 Å². The van der Waals surface area contributed by atoms with Gasteiger partial charge in [0.05, 0.1) is 5.92 Å². The second-order valence-corrected chi connectivity index (χ2v) is 5.08. The largest absolute Gasteiger partial charge is 0.481 e. The van der Waals surface area contributed by atoms with Crippen LogP contribution in [0, 0.1) is 17.3 Å². The molecular formula is C10H16O5. The maximum absolute atomic E-state index is 11.8. The summed E-state index contributed by atoms with van der Waals surface area (Å²) in [7, 11) is 0. The van der Waals surface area contributed by atoms with E-state index in [2.05, 4.69) is 4.89 Å². The number of carbonyl (C=O) groups excluding carboxylic acids is 1. The minimum atomic E-state index is -1.34. The Balaban J connectivity index is 2.86. The molecule has 15 heavy (non-hydrogen) atoms. The smallest absolute Gasteiger partial charge is 0.307 e. The van der Waals surface area contributed by atoms with Crippen molar-refractivity contribution in [2.24, 2.45) is 17.3 Å². The summed E-state index contributed by atoms with van der Waals surface area (Å²) in [5.74, 6) is -2.62. The first-order valence-electron chi connectivity index (χ1n) is 4.76. The van der Waals surface area contributed by atoms with E-state index >= 15 is 0 Å². The number of ketones is 1. The number of hydrogen-bond acceptors (Lipinski definition) is 4. The Morgan fingerprint density at radius 3 is 2.00 bits per heavy atom. The number of Topliss-reactive ketones (excluding diaryl/α,β-unsaturated/α-hetero) is 1. The summed E-state index contributed by atoms with van der Waals surface area (Å²) >= 11 is 0. The van der Waals surface area contributed by atoms with Gasteiger partial charge in [0.25, 0.3) is 0 Å². The van der Waals surface area contributed by atoms with E-state index in [1.54, 1.807) is 13.8 Å². The van der Waals surface area contributed by atoms with Crippen LogP contribution in [0.25, 0.3) is 0 Å². The molecule has 1 aliphatic carbocycles. The van der Waals surface area contributed by atoms with Crippen LogP contribution in [0.5, 0.6) is 0 Å². The molecule has 1 saturated carbocycles. The van der Waals surface area contributed by atoms with Crippen LogP contribution in [-0.2, 0) is 14.5 Å². The summed E-state index contributed by atoms with van der Waals surface area (Å²) < 4.78 is 0. The molecule has 2 N–H and O–H groups in total. The molecule has 5 nitrogen and oxygen atoms in total. The highest BCUT2D eigenvalue weighted by atomic mass is 17.1. The average Bonchev–Trinajstić information content (AvgIpc) is 2.67. The predicted octanol–water partition coefficient (Wildman–Crippen LogP) is 1.18. The Morgan fingerprint density at radius 1 is 1.27 bits per heavy atom. The minimum absolute atomic E-state index is 0.373. The lowest BCUT2D eigenvalue weighted by Gasteiger charge is -2.19. The third-order valence-electron chi connectivity index (χ3n) is 3.20. The van der Waals surface area contributed by atoms with E-state index in [0.29, 0.717) is 0 Å². The van der Waals surface area contributed by atoms with Gasteiger partial charge < -0.3 is 5.11 Å². The highest BCUT2D eigenvalue weighted by molar-refractivity contribution is 5.97. The second-order valence-electron chi connectivity index (χ2n) is 5.08. The number of carbonyl (C=O) groups is 2. The summed E-state index contributed by atoms with van der Waals surface area (Å²) in [6.07, 6.45) is 0. The highest BCUT2D eigenvalue weighted by Gasteiger charge is 2.67. The van der Waals surface area contributed by atoms with Crippen LogP contribution in [0.2, 0.25) is 0 Å². The Bertz CT molecular complexity index is 305. The van der Waals surface area contributed by atoms with Gasteiger partial charge in [0.15, 0.2) is 11.4 Å². The highest BCUT2D eigenvalue weighted by Crippen LogP contribution is 2.59. The van der Waals surface area contributed by atoms with Crippen molar-refractivity contribution in [1.82, 2.24) is 0 Å². The molecule has 0 aliphatic heterocycles. The third-order valence-corrected chi connectivity index (χ3v) is 3.20. The van der Waals surface area contributed by atoms with E-state index in [4.69, 9.17) is 10.4 Å². The van der Waals surface area contributed by atoms with Crippen LogP contribution in [0.4, 0.5) is 0 Å². The van der Waals surface area contributed by atoms with Crippen molar-refractivity contribution < 1.29 is 24.8 Å². The van der Waals surface area contributed by atoms with Crippen LogP contribution in [0.1, 0.15) is 27.7 Å². The van der Waals surface area contributed by atoms with Gasteiger partial charge in [-0.2, -0.15) is 0 Å². The zero-order valence-corrected chi connectivity index (χ0v) is 9.27. The maximum atomic E-state index is 11.8. The number of aliphatic carboxylic acids is 1. The summed E-state index contributed by atoms with van der Waals surface area (Å²) in [5.41, 5.74) is -1.90. The molecule has 0 aromatic heterocycles. The van der Waals surface area contributed by atoms with E-state index in [-0.39, 0.29) is 5.78 Å². The summed E-state index contributed by atoms with van der Waals surface area (Å²) in [6.45, 7) is 6.29. The molecule has 0 saturated heterocycles. The van der Waals surface area contributed by atoms with Crippen LogP contribution < -0.4 is 0 Å². The summed E-state index contributed by atoms with van der Waals surface area (Å²) in [6, 6.07) is 0. The SMILES string of the molecule is CC(C)(OO)C(=O)[C@@H]1[C@@H](C(=O)O)C1(C)C. The quantitative estimate of drug-likeness (QED) is 0.544. The molecule has 0 aromatic carbocycles. The number of carboxylic acids is 1. The van der Waals surface area contributed by atoms with Crippen molar-refractivity contribution >= 4 is 11.8 Å². The first-order chi connectivity index (χ1) is 6.66. The lowest BCUT2D eigenvalue weighted by molar-refractivity contribution is -0.301. The van der Waals surface area contributed by atoms with Crippen molar-refractivity contribution in [2.45, 2.75) is 33.3 Å². The molecule has 1 aliphatic rings. The Hall–Kier alpha value is -0.940. The van der Waals surface area contributed by atoms with Crippen LogP contribution in [-0.4, -0.2) is 27.7 Å². The molecule has 0 radical (unpaired) electrons. The van der Waals surface area contributed by atoms with Gasteiger partial charge in [0.2, 0.25) is 0 Å². The van der Waals surface area contributed by atoms with Crippen LogP contribution in [0.15, 0.2) is 0 Å². The molecule has 0 heterocycles. The molecule has 0 amide bonds. The van der Waals surface area contributed by atoms with Crippen molar-refractivity contribution in [1.29, 1.82) is 0 Å². The van der Waals surface area contributed by atoms with Gasteiger partial charge in [-0.3, -0.25) is 14.8 Å². The Morgan fingerprint density at radius 2 is 1.73 bits per heavy atom. The molecule has 2 atom stereocenters. The van der Waals surface area contributed by atoms with Gasteiger partial charge in [-0.15, -0.1) is 0 Å². The van der Waals surface area contributed by atoms with E-state index < -0.39 is 28.8 Å². The monoisotopic (exact) mass is 216 g/mol. The van der Waals surface area contributed by atoms with Gasteiger partial charge in [-0.1, -0.05) is 13.8 Å². The fraction of sp³-hybridized carbons (Fsp3) is 0.800. The first kappa shape index (κ1) is 12.1. The number of rotatable bonds is 4. The predicted molar refractivity (Wildman–Crippen MR) is 51.2 cm³/mol. The topological polar surface area (TPSA) is 83.8 Å². The van der Waals surface area contributed by atoms with Crippen molar-refractivity contribution in [3.63, 3.8) is 0 Å². The average molecular weight is 216 g/mol. The third kappa shape index (κ3) is 1.77. The van der Waals surface area contributed by atoms with Crippen molar-refractivity contribution in [2.75, 3.05) is 0 Å². The Kier molecular flexibility index (Phi) is 2.65. The molecule has 0 aromatic rings. The van der Waals surface area contributed by atoms with Crippen molar-refractivity contribution in [3.05, 3.63) is 0 Å². The first-order valence-corrected chi connectivity index (χ1v) is 4.76. The van der Waals surface area contributed by atoms with E-state index in [1.807, 2.05) is 0 Å².